The SMILES string of the molecule is CN(C(=O)c1c(O)cccc1F)c1cccc(C#N)c1. The van der Waals surface area contributed by atoms with Crippen molar-refractivity contribution in [3.8, 4) is 11.8 Å². The molecule has 2 aromatic carbocycles. The summed E-state index contributed by atoms with van der Waals surface area (Å²) in [5.41, 5.74) is 0.439. The lowest BCUT2D eigenvalue weighted by Crippen LogP contribution is -2.27. The topological polar surface area (TPSA) is 64.3 Å². The number of nitriles is 1. The van der Waals surface area contributed by atoms with Gasteiger partial charge in [-0.1, -0.05) is 12.1 Å². The Labute approximate surface area is 115 Å². The second kappa shape index (κ2) is 5.41. The first kappa shape index (κ1) is 13.6. The fraction of sp³-hybridized carbons (Fsp3) is 0.0667. The van der Waals surface area contributed by atoms with Gasteiger partial charge in [-0.2, -0.15) is 5.26 Å². The van der Waals surface area contributed by atoms with Gasteiger partial charge in [-0.25, -0.2) is 4.39 Å². The number of hydrogen-bond acceptors (Lipinski definition) is 3. The minimum atomic E-state index is -0.793. The van der Waals surface area contributed by atoms with Crippen molar-refractivity contribution in [2.45, 2.75) is 0 Å². The predicted octanol–water partition coefficient (Wildman–Crippen LogP) is 2.68. The summed E-state index contributed by atoms with van der Waals surface area (Å²) in [4.78, 5) is 13.4. The monoisotopic (exact) mass is 270 g/mol. The fourth-order valence-electron chi connectivity index (χ4n) is 1.79. The van der Waals surface area contributed by atoms with Gasteiger partial charge < -0.3 is 10.0 Å². The maximum Gasteiger partial charge on any atom is 0.264 e. The number of anilines is 1. The van der Waals surface area contributed by atoms with E-state index in [1.165, 1.54) is 30.1 Å². The summed E-state index contributed by atoms with van der Waals surface area (Å²) in [6.07, 6.45) is 0. The minimum absolute atomic E-state index is 0.389. The lowest BCUT2D eigenvalue weighted by molar-refractivity contribution is 0.0986. The summed E-state index contributed by atoms with van der Waals surface area (Å²) in [7, 11) is 1.45. The molecule has 0 bridgehead atoms. The molecule has 0 aliphatic heterocycles. The summed E-state index contributed by atoms with van der Waals surface area (Å²) < 4.78 is 13.7. The number of phenolic OH excluding ortho intramolecular Hbond substituents is 1. The highest BCUT2D eigenvalue weighted by atomic mass is 19.1. The highest BCUT2D eigenvalue weighted by molar-refractivity contribution is 6.07. The summed E-state index contributed by atoms with van der Waals surface area (Å²) in [6, 6.07) is 12.0. The number of nitrogens with zero attached hydrogens (tertiary/aromatic N) is 2. The minimum Gasteiger partial charge on any atom is -0.507 e. The van der Waals surface area contributed by atoms with Crippen molar-refractivity contribution >= 4 is 11.6 Å². The third-order valence-corrected chi connectivity index (χ3v) is 2.87. The molecule has 0 atom stereocenters. The molecule has 0 aliphatic rings. The van der Waals surface area contributed by atoms with Crippen LogP contribution in [0, 0.1) is 17.1 Å². The second-order valence-corrected chi connectivity index (χ2v) is 4.16. The molecule has 20 heavy (non-hydrogen) atoms. The summed E-state index contributed by atoms with van der Waals surface area (Å²) in [6.45, 7) is 0. The quantitative estimate of drug-likeness (QED) is 0.912. The maximum absolute atomic E-state index is 13.7. The number of halogens is 1. The van der Waals surface area contributed by atoms with Crippen molar-refractivity contribution < 1.29 is 14.3 Å². The van der Waals surface area contributed by atoms with Crippen LogP contribution in [0.25, 0.3) is 0 Å². The van der Waals surface area contributed by atoms with Crippen LogP contribution >= 0.6 is 0 Å². The third-order valence-electron chi connectivity index (χ3n) is 2.87. The molecule has 4 nitrogen and oxygen atoms in total. The first-order valence-electron chi connectivity index (χ1n) is 5.80. The predicted molar refractivity (Wildman–Crippen MR) is 72.0 cm³/mol. The number of hydrogen-bond donors (Lipinski definition) is 1. The molecule has 0 saturated carbocycles. The van der Waals surface area contributed by atoms with Gasteiger partial charge in [-0.05, 0) is 30.3 Å². The Hall–Kier alpha value is -2.87. The van der Waals surface area contributed by atoms with E-state index in [4.69, 9.17) is 5.26 Å². The Morgan fingerprint density at radius 2 is 2.00 bits per heavy atom. The standard InChI is InChI=1S/C15H11FN2O2/c1-18(11-5-2-4-10(8-11)9-17)15(20)14-12(16)6-3-7-13(14)19/h2-8,19H,1H3. The number of phenols is 1. The number of aromatic hydroxyl groups is 1. The lowest BCUT2D eigenvalue weighted by atomic mass is 10.1. The largest absolute Gasteiger partial charge is 0.507 e. The van der Waals surface area contributed by atoms with Gasteiger partial charge in [0.1, 0.15) is 17.1 Å². The van der Waals surface area contributed by atoms with Crippen molar-refractivity contribution in [1.29, 1.82) is 5.26 Å². The molecule has 2 aromatic rings. The Bertz CT molecular complexity index is 687. The summed E-state index contributed by atoms with van der Waals surface area (Å²) in [5.74, 6) is -1.90. The van der Waals surface area contributed by atoms with E-state index in [-0.39, 0.29) is 0 Å². The van der Waals surface area contributed by atoms with Crippen LogP contribution < -0.4 is 4.90 Å². The lowest BCUT2D eigenvalue weighted by Gasteiger charge is -2.18. The fourth-order valence-corrected chi connectivity index (χ4v) is 1.79. The summed E-state index contributed by atoms with van der Waals surface area (Å²) in [5, 5.41) is 18.5. The second-order valence-electron chi connectivity index (χ2n) is 4.16. The van der Waals surface area contributed by atoms with Gasteiger partial charge in [0.05, 0.1) is 11.6 Å². The molecular weight excluding hydrogens is 259 g/mol. The molecule has 100 valence electrons. The van der Waals surface area contributed by atoms with E-state index in [0.29, 0.717) is 11.3 Å². The van der Waals surface area contributed by atoms with Crippen molar-refractivity contribution in [3.63, 3.8) is 0 Å². The highest BCUT2D eigenvalue weighted by Gasteiger charge is 2.21. The molecule has 0 saturated heterocycles. The van der Waals surface area contributed by atoms with E-state index < -0.39 is 23.0 Å². The van der Waals surface area contributed by atoms with E-state index in [9.17, 15) is 14.3 Å². The third kappa shape index (κ3) is 2.45. The van der Waals surface area contributed by atoms with Gasteiger partial charge >= 0.3 is 0 Å². The maximum atomic E-state index is 13.7. The van der Waals surface area contributed by atoms with Crippen LogP contribution in [-0.4, -0.2) is 18.1 Å². The van der Waals surface area contributed by atoms with Gasteiger partial charge in [-0.3, -0.25) is 4.79 Å². The highest BCUT2D eigenvalue weighted by Crippen LogP contribution is 2.24. The molecule has 0 aromatic heterocycles. The van der Waals surface area contributed by atoms with Gasteiger partial charge in [0.15, 0.2) is 0 Å². The number of carbonyl (C=O) groups excluding carboxylic acids is 1. The van der Waals surface area contributed by atoms with Crippen LogP contribution in [0.4, 0.5) is 10.1 Å². The summed E-state index contributed by atoms with van der Waals surface area (Å²) >= 11 is 0. The zero-order valence-corrected chi connectivity index (χ0v) is 10.7. The van der Waals surface area contributed by atoms with Crippen molar-refractivity contribution in [1.82, 2.24) is 0 Å². The molecule has 0 radical (unpaired) electrons. The van der Waals surface area contributed by atoms with Gasteiger partial charge in [0.2, 0.25) is 0 Å². The molecule has 0 aliphatic carbocycles. The molecule has 1 amide bonds. The van der Waals surface area contributed by atoms with E-state index in [2.05, 4.69) is 0 Å². The molecule has 0 unspecified atom stereocenters. The first-order chi connectivity index (χ1) is 9.54. The average Bonchev–Trinajstić information content (AvgIpc) is 2.46. The zero-order valence-electron chi connectivity index (χ0n) is 10.7. The van der Waals surface area contributed by atoms with Gasteiger partial charge in [0.25, 0.3) is 5.91 Å². The number of carbonyl (C=O) groups is 1. The van der Waals surface area contributed by atoms with Crippen molar-refractivity contribution in [2.75, 3.05) is 11.9 Å². The normalized spacial score (nSPS) is 9.85. The molecule has 0 fully saturated rings. The van der Waals surface area contributed by atoms with Crippen LogP contribution in [-0.2, 0) is 0 Å². The molecule has 2 rings (SSSR count). The van der Waals surface area contributed by atoms with Crippen molar-refractivity contribution in [3.05, 3.63) is 59.4 Å². The Kier molecular flexibility index (Phi) is 3.67. The zero-order chi connectivity index (χ0) is 14.7. The molecule has 0 spiro atoms. The van der Waals surface area contributed by atoms with Crippen LogP contribution in [0.2, 0.25) is 0 Å². The number of benzene rings is 2. The molecule has 0 heterocycles. The van der Waals surface area contributed by atoms with Crippen LogP contribution in [0.3, 0.4) is 0 Å². The van der Waals surface area contributed by atoms with Crippen LogP contribution in [0.15, 0.2) is 42.5 Å². The van der Waals surface area contributed by atoms with Gasteiger partial charge in [-0.15, -0.1) is 0 Å². The smallest absolute Gasteiger partial charge is 0.264 e. The van der Waals surface area contributed by atoms with E-state index in [0.717, 1.165) is 6.07 Å². The van der Waals surface area contributed by atoms with Crippen LogP contribution in [0.1, 0.15) is 15.9 Å². The molecule has 5 heteroatoms. The molecule has 1 N–H and O–H groups in total. The van der Waals surface area contributed by atoms with E-state index >= 15 is 0 Å². The Morgan fingerprint density at radius 3 is 2.65 bits per heavy atom. The first-order valence-corrected chi connectivity index (χ1v) is 5.80. The molecular formula is C15H11FN2O2. The average molecular weight is 270 g/mol. The van der Waals surface area contributed by atoms with E-state index in [1.807, 2.05) is 6.07 Å². The van der Waals surface area contributed by atoms with Crippen molar-refractivity contribution in [2.24, 2.45) is 0 Å². The Morgan fingerprint density at radius 1 is 1.30 bits per heavy atom. The number of amides is 1. The van der Waals surface area contributed by atoms with Gasteiger partial charge in [0, 0.05) is 12.7 Å². The Balaban J connectivity index is 2.40. The van der Waals surface area contributed by atoms with E-state index in [1.54, 1.807) is 18.2 Å². The van der Waals surface area contributed by atoms with Crippen LogP contribution in [0.5, 0.6) is 5.75 Å². The number of rotatable bonds is 2.